The highest BCUT2D eigenvalue weighted by atomic mass is 35.5. The van der Waals surface area contributed by atoms with Crippen LogP contribution < -0.4 is 20.9 Å². The molecule has 0 fully saturated rings. The van der Waals surface area contributed by atoms with Crippen LogP contribution in [0.3, 0.4) is 0 Å². The molecule has 1 aromatic carbocycles. The maximum atomic E-state index is 13.2. The smallest absolute Gasteiger partial charge is 0.332 e. The quantitative estimate of drug-likeness (QED) is 0.0964. The number of hydrogen-bond donors (Lipinski definition) is 3. The molecule has 248 valence electrons. The molecule has 4 N–H and O–H groups in total. The van der Waals surface area contributed by atoms with Gasteiger partial charge in [0.25, 0.3) is 5.91 Å². The van der Waals surface area contributed by atoms with Crippen LogP contribution in [0.5, 0.6) is 0 Å². The van der Waals surface area contributed by atoms with E-state index in [1.54, 1.807) is 64.5 Å². The fraction of sp³-hybridized carbons (Fsp3) is 0.258. The minimum Gasteiger partial charge on any atom is -0.611 e. The van der Waals surface area contributed by atoms with Crippen LogP contribution in [0.15, 0.2) is 78.5 Å². The van der Waals surface area contributed by atoms with Crippen molar-refractivity contribution in [1.82, 2.24) is 18.6 Å². The molecule has 0 aliphatic carbocycles. The molecule has 47 heavy (non-hydrogen) atoms. The van der Waals surface area contributed by atoms with E-state index in [1.165, 1.54) is 65.6 Å². The summed E-state index contributed by atoms with van der Waals surface area (Å²) in [7, 11) is 4.72. The van der Waals surface area contributed by atoms with E-state index in [0.29, 0.717) is 38.8 Å². The Hall–Kier alpha value is -4.99. The first-order valence-electron chi connectivity index (χ1n) is 14.4. The van der Waals surface area contributed by atoms with E-state index in [4.69, 9.17) is 22.7 Å². The van der Waals surface area contributed by atoms with Gasteiger partial charge in [0.1, 0.15) is 5.75 Å². The molecule has 14 nitrogen and oxygen atoms in total. The van der Waals surface area contributed by atoms with E-state index >= 15 is 0 Å². The number of amidine groups is 1. The van der Waals surface area contributed by atoms with E-state index in [9.17, 15) is 23.7 Å². The number of nitrogens with one attached hydrogen (secondary N) is 2. The van der Waals surface area contributed by atoms with E-state index in [1.807, 2.05) is 0 Å². The Morgan fingerprint density at radius 2 is 1.45 bits per heavy atom. The van der Waals surface area contributed by atoms with Crippen LogP contribution in [0.1, 0.15) is 22.3 Å². The second-order valence-corrected chi connectivity index (χ2v) is 12.6. The van der Waals surface area contributed by atoms with Crippen LogP contribution in [-0.4, -0.2) is 92.3 Å². The fourth-order valence-corrected chi connectivity index (χ4v) is 5.99. The van der Waals surface area contributed by atoms with Crippen LogP contribution >= 0.6 is 11.6 Å². The molecule has 0 radical (unpaired) electrons. The van der Waals surface area contributed by atoms with Gasteiger partial charge in [-0.2, -0.15) is 0 Å². The van der Waals surface area contributed by atoms with Crippen molar-refractivity contribution in [1.29, 1.82) is 5.41 Å². The normalized spacial score (nSPS) is 11.5. The highest BCUT2D eigenvalue weighted by molar-refractivity contribution is 7.91. The van der Waals surface area contributed by atoms with Crippen molar-refractivity contribution in [2.45, 2.75) is 18.2 Å². The Balaban J connectivity index is 1.37. The van der Waals surface area contributed by atoms with E-state index in [2.05, 4.69) is 5.32 Å². The first kappa shape index (κ1) is 34.9. The maximum absolute atomic E-state index is 13.2. The minimum absolute atomic E-state index is 0.0165. The maximum Gasteiger partial charge on any atom is 0.332 e. The summed E-state index contributed by atoms with van der Waals surface area (Å²) in [5, 5.41) is 10.1. The Kier molecular flexibility index (Phi) is 11.2. The summed E-state index contributed by atoms with van der Waals surface area (Å²) in [4.78, 5) is 56.7. The number of alkyl halides is 1. The van der Waals surface area contributed by atoms with E-state index in [-0.39, 0.29) is 36.6 Å². The number of carbonyl (C=O) groups excluding carboxylic acids is 4. The molecule has 0 saturated heterocycles. The molecule has 1 atom stereocenters. The number of rotatable bonds is 10. The van der Waals surface area contributed by atoms with Crippen LogP contribution in [0.25, 0.3) is 0 Å². The molecule has 4 amide bonds. The Morgan fingerprint density at radius 1 is 0.894 bits per heavy atom. The third-order valence-corrected chi connectivity index (χ3v) is 9.24. The van der Waals surface area contributed by atoms with Gasteiger partial charge in [0.15, 0.2) is 4.90 Å². The Bertz CT molecular complexity index is 1800. The zero-order valence-electron chi connectivity index (χ0n) is 26.3. The second kappa shape index (κ2) is 15.1. The van der Waals surface area contributed by atoms with Gasteiger partial charge < -0.3 is 20.5 Å². The molecule has 0 spiro atoms. The summed E-state index contributed by atoms with van der Waals surface area (Å²) in [5.74, 6) is 0.186. The minimum atomic E-state index is -1.25. The van der Waals surface area contributed by atoms with Crippen LogP contribution in [0.2, 0.25) is 0 Å². The lowest BCUT2D eigenvalue weighted by Gasteiger charge is -2.18. The lowest BCUT2D eigenvalue weighted by atomic mass is 10.1. The topological polar surface area (TPSA) is 178 Å². The van der Waals surface area contributed by atoms with Gasteiger partial charge in [-0.15, -0.1) is 11.6 Å². The SMILES string of the molecule is Cc1cc(C(=O)Nc2ccn(C(=O)N(C)c3ccn(C(=O)N(C)c4ccn(C(=O)N(C)CCC(=N)N)c4)c3)c2)ccc1[S+]([O-])CCCl. The van der Waals surface area contributed by atoms with Crippen molar-refractivity contribution in [3.63, 3.8) is 0 Å². The predicted octanol–water partition coefficient (Wildman–Crippen LogP) is 4.43. The summed E-state index contributed by atoms with van der Waals surface area (Å²) in [6.07, 6.45) is 9.33. The third-order valence-electron chi connectivity index (χ3n) is 7.30. The van der Waals surface area contributed by atoms with Crippen molar-refractivity contribution >= 4 is 69.7 Å². The first-order chi connectivity index (χ1) is 22.3. The molecular formula is C31H36ClN9O5S. The third kappa shape index (κ3) is 8.24. The summed E-state index contributed by atoms with van der Waals surface area (Å²) in [6.45, 7) is 2.06. The van der Waals surface area contributed by atoms with Crippen molar-refractivity contribution in [2.75, 3.05) is 54.4 Å². The molecular weight excluding hydrogens is 646 g/mol. The number of hydrogen-bond acceptors (Lipinski definition) is 6. The molecule has 0 aliphatic heterocycles. The molecule has 1 unspecified atom stereocenters. The number of nitrogens with two attached hydrogens (primary N) is 1. The molecule has 0 bridgehead atoms. The number of aryl methyl sites for hydroxylation is 1. The molecule has 0 saturated carbocycles. The zero-order valence-corrected chi connectivity index (χ0v) is 27.9. The van der Waals surface area contributed by atoms with Crippen molar-refractivity contribution in [2.24, 2.45) is 5.73 Å². The van der Waals surface area contributed by atoms with Gasteiger partial charge in [0.05, 0.1) is 28.8 Å². The number of anilines is 3. The van der Waals surface area contributed by atoms with Gasteiger partial charge in [-0.25, -0.2) is 14.4 Å². The van der Waals surface area contributed by atoms with Gasteiger partial charge in [0.2, 0.25) is 0 Å². The van der Waals surface area contributed by atoms with Gasteiger partial charge in [-0.05, 0) is 54.5 Å². The summed E-state index contributed by atoms with van der Waals surface area (Å²) < 4.78 is 16.3. The lowest BCUT2D eigenvalue weighted by Crippen LogP contribution is -2.33. The number of amides is 4. The van der Waals surface area contributed by atoms with Crippen LogP contribution in [0, 0.1) is 12.3 Å². The van der Waals surface area contributed by atoms with Crippen molar-refractivity contribution < 1.29 is 23.7 Å². The average Bonchev–Trinajstić information content (AvgIpc) is 3.83. The monoisotopic (exact) mass is 681 g/mol. The van der Waals surface area contributed by atoms with Gasteiger partial charge in [0, 0.05) is 82.4 Å². The highest BCUT2D eigenvalue weighted by Crippen LogP contribution is 2.22. The molecule has 4 rings (SSSR count). The first-order valence-corrected chi connectivity index (χ1v) is 16.2. The Labute approximate surface area is 280 Å². The summed E-state index contributed by atoms with van der Waals surface area (Å²) in [5.41, 5.74) is 7.78. The number of aromatic nitrogens is 3. The number of halogens is 1. The number of carbonyl (C=O) groups is 4. The largest absolute Gasteiger partial charge is 0.611 e. The molecule has 3 aromatic heterocycles. The average molecular weight is 682 g/mol. The highest BCUT2D eigenvalue weighted by Gasteiger charge is 2.21. The van der Waals surface area contributed by atoms with Gasteiger partial charge >= 0.3 is 18.1 Å². The molecule has 0 aliphatic rings. The van der Waals surface area contributed by atoms with Gasteiger partial charge in [-0.3, -0.25) is 33.7 Å². The van der Waals surface area contributed by atoms with Gasteiger partial charge in [-0.1, -0.05) is 0 Å². The van der Waals surface area contributed by atoms with Crippen LogP contribution in [-0.2, 0) is 11.2 Å². The second-order valence-electron chi connectivity index (χ2n) is 10.7. The number of benzene rings is 1. The van der Waals surface area contributed by atoms with Crippen molar-refractivity contribution in [3.8, 4) is 0 Å². The Morgan fingerprint density at radius 3 is 2.00 bits per heavy atom. The van der Waals surface area contributed by atoms with Crippen molar-refractivity contribution in [3.05, 3.63) is 84.7 Å². The van der Waals surface area contributed by atoms with E-state index < -0.39 is 23.2 Å². The standard InChI is InChI=1S/C31H36ClN9O5S/c1-21-17-22(5-6-26(21)47(46)16-11-32)28(42)35-23-7-13-39(18-23)30(44)37(3)25-9-15-41(20-25)31(45)38(4)24-8-14-40(19-24)29(43)36(2)12-10-27(33)34/h5-9,13-15,17-20H,10-12,16H2,1-4H3,(H3,33,34)(H,35,42). The van der Waals surface area contributed by atoms with E-state index in [0.717, 1.165) is 0 Å². The summed E-state index contributed by atoms with van der Waals surface area (Å²) >= 11 is 4.46. The predicted molar refractivity (Wildman–Crippen MR) is 183 cm³/mol. The number of nitrogens with zero attached hydrogens (tertiary/aromatic N) is 6. The van der Waals surface area contributed by atoms with Crippen LogP contribution in [0.4, 0.5) is 31.4 Å². The molecule has 3 heterocycles. The fourth-order valence-electron chi connectivity index (χ4n) is 4.57. The zero-order chi connectivity index (χ0) is 34.4. The molecule has 4 aromatic rings. The lowest BCUT2D eigenvalue weighted by molar-refractivity contribution is 0.102. The molecule has 16 heteroatoms. The summed E-state index contributed by atoms with van der Waals surface area (Å²) in [6, 6.07) is 8.53.